The summed E-state index contributed by atoms with van der Waals surface area (Å²) in [5.74, 6) is 1.34. The van der Waals surface area contributed by atoms with Crippen molar-refractivity contribution in [1.82, 2.24) is 15.2 Å². The molecular weight excluding hydrogens is 327 g/mol. The molecule has 0 aliphatic carbocycles. The van der Waals surface area contributed by atoms with Crippen LogP contribution in [-0.2, 0) is 0 Å². The van der Waals surface area contributed by atoms with Crippen molar-refractivity contribution in [2.75, 3.05) is 12.4 Å². The number of H-pyrrole nitrogens is 1. The lowest BCUT2D eigenvalue weighted by Gasteiger charge is -2.04. The zero-order valence-corrected chi connectivity index (χ0v) is 13.4. The largest absolute Gasteiger partial charge is 0.493 e. The van der Waals surface area contributed by atoms with Gasteiger partial charge in [-0.1, -0.05) is 30.0 Å². The second-order valence-electron chi connectivity index (χ2n) is 4.78. The van der Waals surface area contributed by atoms with Crippen molar-refractivity contribution in [3.8, 4) is 23.2 Å². The summed E-state index contributed by atoms with van der Waals surface area (Å²) in [7, 11) is 0. The first-order chi connectivity index (χ1) is 11.8. The molecule has 1 heterocycles. The summed E-state index contributed by atoms with van der Waals surface area (Å²) in [6, 6.07) is 15.5. The SMILES string of the molecule is N#Cc1cccc(OCCSc2n[nH]c(-c3ccccc3F)n2)c1. The molecule has 0 saturated heterocycles. The number of hydrogen-bond acceptors (Lipinski definition) is 5. The number of aromatic nitrogens is 3. The van der Waals surface area contributed by atoms with E-state index in [1.54, 1.807) is 42.5 Å². The standard InChI is InChI=1S/C17H13FN4OS/c18-15-7-2-1-6-14(15)16-20-17(22-21-16)24-9-8-23-13-5-3-4-12(10-13)11-19/h1-7,10H,8-9H2,(H,20,21,22). The highest BCUT2D eigenvalue weighted by atomic mass is 32.2. The quantitative estimate of drug-likeness (QED) is 0.547. The summed E-state index contributed by atoms with van der Waals surface area (Å²) < 4.78 is 19.3. The summed E-state index contributed by atoms with van der Waals surface area (Å²) in [5.41, 5.74) is 0.949. The van der Waals surface area contributed by atoms with Crippen LogP contribution in [-0.4, -0.2) is 27.5 Å². The predicted octanol–water partition coefficient (Wildman–Crippen LogP) is 3.65. The zero-order valence-electron chi connectivity index (χ0n) is 12.6. The Hall–Kier alpha value is -2.85. The minimum atomic E-state index is -0.342. The number of ether oxygens (including phenoxy) is 1. The Labute approximate surface area is 142 Å². The Kier molecular flexibility index (Phi) is 5.08. The van der Waals surface area contributed by atoms with Crippen molar-refractivity contribution in [2.24, 2.45) is 0 Å². The molecular formula is C17H13FN4OS. The molecule has 120 valence electrons. The Morgan fingerprint density at radius 3 is 2.92 bits per heavy atom. The van der Waals surface area contributed by atoms with Gasteiger partial charge < -0.3 is 4.74 Å². The fraction of sp³-hybridized carbons (Fsp3) is 0.118. The van der Waals surface area contributed by atoms with E-state index >= 15 is 0 Å². The molecule has 24 heavy (non-hydrogen) atoms. The van der Waals surface area contributed by atoms with Gasteiger partial charge in [0.05, 0.1) is 23.8 Å². The number of benzene rings is 2. The van der Waals surface area contributed by atoms with Gasteiger partial charge in [0.15, 0.2) is 5.82 Å². The van der Waals surface area contributed by atoms with E-state index in [9.17, 15) is 4.39 Å². The van der Waals surface area contributed by atoms with Gasteiger partial charge >= 0.3 is 0 Å². The second kappa shape index (κ2) is 7.62. The summed E-state index contributed by atoms with van der Waals surface area (Å²) in [6.07, 6.45) is 0. The van der Waals surface area contributed by atoms with Crippen LogP contribution in [0.5, 0.6) is 5.75 Å². The fourth-order valence-electron chi connectivity index (χ4n) is 2.03. The first kappa shape index (κ1) is 16.0. The number of rotatable bonds is 6. The third-order valence-corrected chi connectivity index (χ3v) is 3.95. The minimum absolute atomic E-state index is 0.342. The van der Waals surface area contributed by atoms with Crippen LogP contribution in [0.1, 0.15) is 5.56 Å². The van der Waals surface area contributed by atoms with Gasteiger partial charge in [-0.2, -0.15) is 5.26 Å². The van der Waals surface area contributed by atoms with Gasteiger partial charge in [0.25, 0.3) is 0 Å². The summed E-state index contributed by atoms with van der Waals surface area (Å²) in [4.78, 5) is 4.27. The monoisotopic (exact) mass is 340 g/mol. The van der Waals surface area contributed by atoms with Crippen LogP contribution in [0.2, 0.25) is 0 Å². The molecule has 0 saturated carbocycles. The summed E-state index contributed by atoms with van der Waals surface area (Å²) in [6.45, 7) is 0.448. The van der Waals surface area contributed by atoms with E-state index in [1.807, 2.05) is 0 Å². The summed E-state index contributed by atoms with van der Waals surface area (Å²) >= 11 is 1.41. The lowest BCUT2D eigenvalue weighted by Crippen LogP contribution is -2.00. The van der Waals surface area contributed by atoms with Gasteiger partial charge in [-0.15, -0.1) is 5.10 Å². The maximum absolute atomic E-state index is 13.7. The van der Waals surface area contributed by atoms with Gasteiger partial charge in [0.2, 0.25) is 5.16 Å². The van der Waals surface area contributed by atoms with Crippen LogP contribution in [0.15, 0.2) is 53.7 Å². The highest BCUT2D eigenvalue weighted by molar-refractivity contribution is 7.99. The molecule has 3 rings (SSSR count). The Morgan fingerprint density at radius 1 is 1.21 bits per heavy atom. The van der Waals surface area contributed by atoms with E-state index in [0.717, 1.165) is 0 Å². The highest BCUT2D eigenvalue weighted by Gasteiger charge is 2.10. The number of thioether (sulfide) groups is 1. The fourth-order valence-corrected chi connectivity index (χ4v) is 2.65. The van der Waals surface area contributed by atoms with Crippen LogP contribution in [0.3, 0.4) is 0 Å². The average Bonchev–Trinajstić information content (AvgIpc) is 3.08. The minimum Gasteiger partial charge on any atom is -0.493 e. The van der Waals surface area contributed by atoms with Crippen molar-refractivity contribution >= 4 is 11.8 Å². The molecule has 7 heteroatoms. The van der Waals surface area contributed by atoms with E-state index < -0.39 is 0 Å². The maximum Gasteiger partial charge on any atom is 0.208 e. The number of hydrogen-bond donors (Lipinski definition) is 1. The number of halogens is 1. The van der Waals surface area contributed by atoms with Crippen LogP contribution in [0.4, 0.5) is 4.39 Å². The first-order valence-corrected chi connectivity index (χ1v) is 8.18. The van der Waals surface area contributed by atoms with E-state index in [1.165, 1.54) is 17.8 Å². The lowest BCUT2D eigenvalue weighted by molar-refractivity contribution is 0.344. The van der Waals surface area contributed by atoms with E-state index in [-0.39, 0.29) is 5.82 Å². The molecule has 1 N–H and O–H groups in total. The topological polar surface area (TPSA) is 74.6 Å². The zero-order chi connectivity index (χ0) is 16.8. The Balaban J connectivity index is 1.53. The number of nitrogens with one attached hydrogen (secondary N) is 1. The predicted molar refractivity (Wildman–Crippen MR) is 89.2 cm³/mol. The van der Waals surface area contributed by atoms with Crippen molar-refractivity contribution in [1.29, 1.82) is 5.26 Å². The molecule has 0 spiro atoms. The molecule has 0 aliphatic heterocycles. The van der Waals surface area contributed by atoms with Crippen LogP contribution < -0.4 is 4.74 Å². The normalized spacial score (nSPS) is 10.3. The molecule has 0 unspecified atom stereocenters. The van der Waals surface area contributed by atoms with Gasteiger partial charge in [-0.25, -0.2) is 9.37 Å². The molecule has 1 aromatic heterocycles. The third kappa shape index (κ3) is 3.91. The number of nitriles is 1. The highest BCUT2D eigenvalue weighted by Crippen LogP contribution is 2.21. The van der Waals surface area contributed by atoms with Crippen molar-refractivity contribution in [3.05, 3.63) is 59.9 Å². The van der Waals surface area contributed by atoms with Gasteiger partial charge in [-0.3, -0.25) is 5.10 Å². The molecule has 0 amide bonds. The van der Waals surface area contributed by atoms with E-state index in [0.29, 0.717) is 40.2 Å². The summed E-state index contributed by atoms with van der Waals surface area (Å²) in [5, 5.41) is 16.2. The second-order valence-corrected chi connectivity index (χ2v) is 5.85. The van der Waals surface area contributed by atoms with E-state index in [4.69, 9.17) is 10.00 Å². The smallest absolute Gasteiger partial charge is 0.208 e. The van der Waals surface area contributed by atoms with Gasteiger partial charge in [0, 0.05) is 5.75 Å². The molecule has 2 aromatic carbocycles. The number of nitrogens with zero attached hydrogens (tertiary/aromatic N) is 3. The number of aromatic amines is 1. The Bertz CT molecular complexity index is 875. The first-order valence-electron chi connectivity index (χ1n) is 7.19. The molecule has 0 aliphatic rings. The van der Waals surface area contributed by atoms with Crippen molar-refractivity contribution < 1.29 is 9.13 Å². The third-order valence-electron chi connectivity index (χ3n) is 3.14. The Morgan fingerprint density at radius 2 is 2.08 bits per heavy atom. The molecule has 3 aromatic rings. The van der Waals surface area contributed by atoms with Crippen LogP contribution in [0.25, 0.3) is 11.4 Å². The maximum atomic E-state index is 13.7. The molecule has 0 fully saturated rings. The van der Waals surface area contributed by atoms with Crippen LogP contribution in [0, 0.1) is 17.1 Å². The van der Waals surface area contributed by atoms with E-state index in [2.05, 4.69) is 21.3 Å². The van der Waals surface area contributed by atoms with Crippen molar-refractivity contribution in [2.45, 2.75) is 5.16 Å². The van der Waals surface area contributed by atoms with Crippen molar-refractivity contribution in [3.63, 3.8) is 0 Å². The van der Waals surface area contributed by atoms with Gasteiger partial charge in [-0.05, 0) is 30.3 Å². The molecule has 0 atom stereocenters. The van der Waals surface area contributed by atoms with Gasteiger partial charge in [0.1, 0.15) is 11.6 Å². The average molecular weight is 340 g/mol. The molecule has 5 nitrogen and oxygen atoms in total. The van der Waals surface area contributed by atoms with Crippen LogP contribution >= 0.6 is 11.8 Å². The lowest BCUT2D eigenvalue weighted by atomic mass is 10.2. The molecule has 0 bridgehead atoms. The molecule has 0 radical (unpaired) electrons.